The summed E-state index contributed by atoms with van der Waals surface area (Å²) in [6, 6.07) is 3.92. The summed E-state index contributed by atoms with van der Waals surface area (Å²) in [6.45, 7) is 4.28. The van der Waals surface area contributed by atoms with E-state index in [1.165, 1.54) is 0 Å². The molecule has 0 aliphatic carbocycles. The minimum Gasteiger partial charge on any atom is -0.340 e. The maximum Gasteiger partial charge on any atom is 0.240 e. The maximum atomic E-state index is 5.24. The molecule has 7 nitrogen and oxygen atoms in total. The molecule has 0 spiro atoms. The second kappa shape index (κ2) is 6.15. The summed E-state index contributed by atoms with van der Waals surface area (Å²) in [7, 11) is 0. The zero-order chi connectivity index (χ0) is 14.7. The molecular formula is C13H15N5O2S. The van der Waals surface area contributed by atoms with Crippen LogP contribution in [0.25, 0.3) is 10.7 Å². The van der Waals surface area contributed by atoms with Crippen molar-refractivity contribution in [2.45, 2.75) is 32.9 Å². The van der Waals surface area contributed by atoms with Crippen LogP contribution in [0.1, 0.15) is 37.0 Å². The molecule has 1 N–H and O–H groups in total. The van der Waals surface area contributed by atoms with Crippen LogP contribution in [0.3, 0.4) is 0 Å². The molecule has 3 aromatic rings. The van der Waals surface area contributed by atoms with E-state index in [4.69, 9.17) is 9.05 Å². The van der Waals surface area contributed by atoms with E-state index in [2.05, 4.69) is 25.6 Å². The van der Waals surface area contributed by atoms with E-state index in [9.17, 15) is 0 Å². The fourth-order valence-electron chi connectivity index (χ4n) is 1.92. The van der Waals surface area contributed by atoms with Gasteiger partial charge in [-0.2, -0.15) is 9.97 Å². The van der Waals surface area contributed by atoms with E-state index in [1.54, 1.807) is 18.3 Å². The minimum atomic E-state index is -0.000428. The van der Waals surface area contributed by atoms with Crippen LogP contribution in [-0.4, -0.2) is 20.3 Å². The average Bonchev–Trinajstić information content (AvgIpc) is 3.19. The monoisotopic (exact) mass is 305 g/mol. The summed E-state index contributed by atoms with van der Waals surface area (Å²) >= 11 is 1.58. The molecule has 110 valence electrons. The van der Waals surface area contributed by atoms with Crippen LogP contribution in [0.15, 0.2) is 26.6 Å². The zero-order valence-electron chi connectivity index (χ0n) is 11.7. The minimum absolute atomic E-state index is 0.000428. The summed E-state index contributed by atoms with van der Waals surface area (Å²) in [5.74, 6) is 2.36. The predicted molar refractivity (Wildman–Crippen MR) is 76.5 cm³/mol. The highest BCUT2D eigenvalue weighted by atomic mass is 32.1. The van der Waals surface area contributed by atoms with Crippen LogP contribution in [0.2, 0.25) is 0 Å². The third kappa shape index (κ3) is 3.17. The molecule has 3 heterocycles. The summed E-state index contributed by atoms with van der Waals surface area (Å²) in [5, 5.41) is 13.2. The van der Waals surface area contributed by atoms with Crippen molar-refractivity contribution in [3.8, 4) is 10.7 Å². The van der Waals surface area contributed by atoms with Crippen molar-refractivity contribution in [2.24, 2.45) is 0 Å². The Morgan fingerprint density at radius 3 is 2.86 bits per heavy atom. The van der Waals surface area contributed by atoms with Gasteiger partial charge in [-0.3, -0.25) is 5.32 Å². The molecule has 3 rings (SSSR count). The first kappa shape index (κ1) is 13.9. The van der Waals surface area contributed by atoms with Gasteiger partial charge < -0.3 is 9.05 Å². The van der Waals surface area contributed by atoms with Gasteiger partial charge in [0.15, 0.2) is 5.82 Å². The Labute approximate surface area is 125 Å². The van der Waals surface area contributed by atoms with E-state index in [0.29, 0.717) is 30.0 Å². The van der Waals surface area contributed by atoms with E-state index >= 15 is 0 Å². The SMILES string of the molecule is CCC(NCc1nc(-c2cccs2)no1)c1noc(C)n1. The van der Waals surface area contributed by atoms with Gasteiger partial charge >= 0.3 is 0 Å². The van der Waals surface area contributed by atoms with Gasteiger partial charge in [-0.1, -0.05) is 23.3 Å². The molecule has 0 bridgehead atoms. The van der Waals surface area contributed by atoms with Crippen molar-refractivity contribution in [3.05, 3.63) is 35.1 Å². The van der Waals surface area contributed by atoms with E-state index in [1.807, 2.05) is 24.4 Å². The quantitative estimate of drug-likeness (QED) is 0.748. The normalized spacial score (nSPS) is 12.7. The molecule has 0 saturated heterocycles. The molecule has 1 atom stereocenters. The Morgan fingerprint density at radius 2 is 2.19 bits per heavy atom. The molecule has 8 heteroatoms. The molecule has 0 aliphatic heterocycles. The third-order valence-corrected chi connectivity index (χ3v) is 3.84. The first-order chi connectivity index (χ1) is 10.3. The van der Waals surface area contributed by atoms with Gasteiger partial charge in [0.05, 0.1) is 17.5 Å². The van der Waals surface area contributed by atoms with Gasteiger partial charge in [0.25, 0.3) is 0 Å². The van der Waals surface area contributed by atoms with Gasteiger partial charge in [0, 0.05) is 6.92 Å². The Hall–Kier alpha value is -2.06. The van der Waals surface area contributed by atoms with Crippen molar-refractivity contribution >= 4 is 11.3 Å². The van der Waals surface area contributed by atoms with Crippen LogP contribution in [0, 0.1) is 6.92 Å². The van der Waals surface area contributed by atoms with Crippen molar-refractivity contribution in [3.63, 3.8) is 0 Å². The van der Waals surface area contributed by atoms with Crippen LogP contribution < -0.4 is 5.32 Å². The molecule has 0 aliphatic rings. The highest BCUT2D eigenvalue weighted by Gasteiger charge is 2.17. The Bertz CT molecular complexity index is 691. The molecule has 21 heavy (non-hydrogen) atoms. The lowest BCUT2D eigenvalue weighted by Crippen LogP contribution is -2.21. The fourth-order valence-corrected chi connectivity index (χ4v) is 2.57. The Balaban J connectivity index is 1.64. The fraction of sp³-hybridized carbons (Fsp3) is 0.385. The highest BCUT2D eigenvalue weighted by Crippen LogP contribution is 2.21. The van der Waals surface area contributed by atoms with Crippen molar-refractivity contribution in [1.29, 1.82) is 0 Å². The number of rotatable bonds is 6. The average molecular weight is 305 g/mol. The number of nitrogens with one attached hydrogen (secondary N) is 1. The molecule has 0 aromatic carbocycles. The summed E-state index contributed by atoms with van der Waals surface area (Å²) in [4.78, 5) is 9.59. The van der Waals surface area contributed by atoms with Crippen LogP contribution >= 0.6 is 11.3 Å². The van der Waals surface area contributed by atoms with E-state index in [-0.39, 0.29) is 6.04 Å². The Kier molecular flexibility index (Phi) is 4.07. The topological polar surface area (TPSA) is 89.9 Å². The highest BCUT2D eigenvalue weighted by molar-refractivity contribution is 7.13. The van der Waals surface area contributed by atoms with Crippen molar-refractivity contribution in [2.75, 3.05) is 0 Å². The van der Waals surface area contributed by atoms with Crippen LogP contribution in [0.5, 0.6) is 0 Å². The lowest BCUT2D eigenvalue weighted by atomic mass is 10.2. The second-order valence-electron chi connectivity index (χ2n) is 4.50. The van der Waals surface area contributed by atoms with Gasteiger partial charge in [0.1, 0.15) is 0 Å². The predicted octanol–water partition coefficient (Wildman–Crippen LogP) is 2.73. The molecule has 1 unspecified atom stereocenters. The maximum absolute atomic E-state index is 5.24. The Morgan fingerprint density at radius 1 is 1.29 bits per heavy atom. The third-order valence-electron chi connectivity index (χ3n) is 2.97. The molecule has 0 radical (unpaired) electrons. The lowest BCUT2D eigenvalue weighted by Gasteiger charge is -2.10. The first-order valence-corrected chi connectivity index (χ1v) is 7.54. The molecular weight excluding hydrogens is 290 g/mol. The molecule has 0 fully saturated rings. The number of aryl methyl sites for hydroxylation is 1. The summed E-state index contributed by atoms with van der Waals surface area (Å²) < 4.78 is 10.2. The second-order valence-corrected chi connectivity index (χ2v) is 5.45. The van der Waals surface area contributed by atoms with Gasteiger partial charge in [-0.25, -0.2) is 0 Å². The largest absolute Gasteiger partial charge is 0.340 e. The standard InChI is InChI=1S/C13H15N5O2S/c1-3-9(12-15-8(2)19-17-12)14-7-11-16-13(18-20-11)10-5-4-6-21-10/h4-6,9,14H,3,7H2,1-2H3. The van der Waals surface area contributed by atoms with Gasteiger partial charge in [0.2, 0.25) is 17.6 Å². The number of hydrogen-bond acceptors (Lipinski definition) is 8. The van der Waals surface area contributed by atoms with Crippen molar-refractivity contribution < 1.29 is 9.05 Å². The smallest absolute Gasteiger partial charge is 0.240 e. The molecule has 0 saturated carbocycles. The van der Waals surface area contributed by atoms with Gasteiger partial charge in [-0.05, 0) is 17.9 Å². The number of hydrogen-bond donors (Lipinski definition) is 1. The lowest BCUT2D eigenvalue weighted by molar-refractivity contribution is 0.345. The van der Waals surface area contributed by atoms with Crippen LogP contribution in [0.4, 0.5) is 0 Å². The molecule has 0 amide bonds. The number of aromatic nitrogens is 4. The van der Waals surface area contributed by atoms with Crippen LogP contribution in [-0.2, 0) is 6.54 Å². The van der Waals surface area contributed by atoms with E-state index in [0.717, 1.165) is 11.3 Å². The number of nitrogens with zero attached hydrogens (tertiary/aromatic N) is 4. The van der Waals surface area contributed by atoms with E-state index < -0.39 is 0 Å². The molecule has 3 aromatic heterocycles. The zero-order valence-corrected chi connectivity index (χ0v) is 12.6. The van der Waals surface area contributed by atoms with Gasteiger partial charge in [-0.15, -0.1) is 11.3 Å². The first-order valence-electron chi connectivity index (χ1n) is 6.66. The summed E-state index contributed by atoms with van der Waals surface area (Å²) in [6.07, 6.45) is 0.838. The number of thiophene rings is 1. The summed E-state index contributed by atoms with van der Waals surface area (Å²) in [5.41, 5.74) is 0. The van der Waals surface area contributed by atoms with Crippen molar-refractivity contribution in [1.82, 2.24) is 25.6 Å².